The number of ether oxygens (including phenoxy) is 4. The van der Waals surface area contributed by atoms with Crippen molar-refractivity contribution in [3.63, 3.8) is 0 Å². The molecule has 56 nitrogen and oxygen atoms in total. The first-order valence-corrected chi connectivity index (χ1v) is 48.5. The molecule has 0 saturated carbocycles. The third-order valence-electron chi connectivity index (χ3n) is 25.0. The molecule has 5 saturated heterocycles. The second-order valence-corrected chi connectivity index (χ2v) is 36.9. The number of hydrogen-bond acceptors (Lipinski definition) is 34. The summed E-state index contributed by atoms with van der Waals surface area (Å²) in [5, 5.41) is 151. The third kappa shape index (κ3) is 35.8. The Morgan fingerprint density at radius 3 is 1.61 bits per heavy atom. The summed E-state index contributed by atoms with van der Waals surface area (Å²) in [6, 6.07) is -16.5. The zero-order chi connectivity index (χ0) is 109. The van der Waals surface area contributed by atoms with E-state index in [0.29, 0.717) is 24.9 Å². The van der Waals surface area contributed by atoms with Gasteiger partial charge in [-0.1, -0.05) is 44.2 Å². The molecule has 147 heavy (non-hydrogen) atoms. The zero-order valence-electron chi connectivity index (χ0n) is 82.9. The third-order valence-corrected chi connectivity index (χ3v) is 25.0. The van der Waals surface area contributed by atoms with Gasteiger partial charge in [0.2, 0.25) is 100 Å². The minimum atomic E-state index is -2.24. The van der Waals surface area contributed by atoms with E-state index < -0.39 is 329 Å². The van der Waals surface area contributed by atoms with Crippen LogP contribution in [0.1, 0.15) is 163 Å². The van der Waals surface area contributed by atoms with Crippen LogP contribution in [0.15, 0.2) is 42.9 Å². The zero-order valence-corrected chi connectivity index (χ0v) is 82.9. The van der Waals surface area contributed by atoms with Crippen LogP contribution in [-0.2, 0) is 128 Å². The SMILES string of the molecule is CCNC(=O)C1CCCN1C(=O)C(C)NC(=O)C1CCCN1C(=O)C(CCCNC(=N)N)NC(=O)C(NC(=O)C(CC(=O)O)NC(=O)C1CCCN1C(=O)C(C)NC(=O)C(CO)NC(=O)C(NC(=O)C(NC(=O)CNC(=O)C(Cc1cnc[nH]1)NC(=O)C(CCC(=O)O)NC(=O)C(Cc1ccccc1)NC(=O)CCCC(C)=O)C(C)C)C(C)O[C@H]1O[C@@H](CO)[C@H](O)C(O[C@@H]2O[C@@H](CO)[C@H](O)C(O)C2O)C1NC(C)=O)C(C)O. The number of carboxylic acids is 2. The van der Waals surface area contributed by atoms with Gasteiger partial charge in [-0.05, 0) is 117 Å². The summed E-state index contributed by atoms with van der Waals surface area (Å²) in [6.07, 6.45) is -21.0. The van der Waals surface area contributed by atoms with Gasteiger partial charge in [0.05, 0.1) is 51.3 Å². The number of aliphatic carboxylic acids is 2. The van der Waals surface area contributed by atoms with Crippen LogP contribution < -0.4 is 85.5 Å². The minimum absolute atomic E-state index is 0.0192. The molecule has 1 aromatic heterocycles. The van der Waals surface area contributed by atoms with Gasteiger partial charge in [-0.2, -0.15) is 0 Å². The summed E-state index contributed by atoms with van der Waals surface area (Å²) in [4.78, 5) is 287. The first-order valence-electron chi connectivity index (χ1n) is 48.5. The van der Waals surface area contributed by atoms with Gasteiger partial charge >= 0.3 is 11.9 Å². The summed E-state index contributed by atoms with van der Waals surface area (Å²) in [5.74, 6) is -22.0. The van der Waals surface area contributed by atoms with E-state index in [1.807, 2.05) is 0 Å². The summed E-state index contributed by atoms with van der Waals surface area (Å²) in [5.41, 5.74) is 6.26. The van der Waals surface area contributed by atoms with E-state index in [1.54, 1.807) is 37.3 Å². The number of nitrogens with two attached hydrogens (primary N) is 1. The molecule has 5 aliphatic rings. The van der Waals surface area contributed by atoms with Gasteiger partial charge in [-0.25, -0.2) is 4.98 Å². The van der Waals surface area contributed by atoms with E-state index in [9.17, 15) is 137 Å². The maximum absolute atomic E-state index is 15.2. The van der Waals surface area contributed by atoms with Crippen molar-refractivity contribution in [2.24, 2.45) is 11.7 Å². The standard InChI is InChI=1S/C91H140N22O34/c1-10-95-80(135)57-23-16-30-111(57)87(142)45(6)100-81(136)58-24-18-32-113(58)88(143)52(22-15-29-96-91(92)93)104-84(139)67(46(7)118)109-78(133)55(35-65(124)125)106-82(137)59-25-17-31-112(59)86(141)44(5)99-79(134)56(38-114)107-85(140)68(47(8)144-89-69(101-48(9)119)74(71(127)61(40-116)145-89)147-90-73(129)72(128)70(126)60(39-115)146-90)110-83(138)66(42(2)3)108-63(121)37-97-75(130)54(34-50-36-94-41-98-50)105-76(131)51(27-28-64(122)123)103-77(132)53(33-49-20-12-11-13-21-49)102-62(120)26-14-19-43(4)117/h11-13,20-21,36,41-42,44-47,51-61,66-74,89-90,114-116,118,126-129H,10,14-19,22-35,37-40H2,1-9H3,(H,94,98)(H,95,135)(H,97,130)(H,99,134)(H,100,136)(H,101,119)(H,102,120)(H,103,132)(H,104,139)(H,105,131)(H,106,137)(H,107,140)(H,108,121)(H,109,133)(H,110,138)(H,122,123)(H,124,125)(H4,92,93,96)/t44?,45?,46?,47?,51?,52?,53?,54?,55?,56?,57?,58?,59?,60-,61-,66?,67?,68?,69?,70-,71-,72?,73?,74?,89-,90-/m0/s1. The van der Waals surface area contributed by atoms with Gasteiger partial charge in [0, 0.05) is 83.6 Å². The Hall–Kier alpha value is -13.2. The van der Waals surface area contributed by atoms with Gasteiger partial charge in [-0.3, -0.25) is 96.5 Å². The van der Waals surface area contributed by atoms with E-state index in [1.165, 1.54) is 50.0 Å². The number of nitrogens with zero attached hydrogens (tertiary/aromatic N) is 4. The number of benzene rings is 1. The number of carbonyl (C=O) groups is 20. The molecule has 0 spiro atoms. The molecule has 26 atom stereocenters. The number of aliphatic hydroxyl groups is 8. The lowest BCUT2D eigenvalue weighted by Crippen LogP contribution is -2.69. The van der Waals surface area contributed by atoms with Crippen molar-refractivity contribution in [1.82, 2.24) is 104 Å². The van der Waals surface area contributed by atoms with Crippen molar-refractivity contribution in [3.05, 3.63) is 54.1 Å². The molecule has 29 N–H and O–H groups in total. The van der Waals surface area contributed by atoms with Crippen LogP contribution in [-0.4, -0.2) is 417 Å². The first kappa shape index (κ1) is 121. The molecule has 5 fully saturated rings. The molecular weight excluding hydrogens is 1950 g/mol. The Morgan fingerprint density at radius 2 is 1.05 bits per heavy atom. The fourth-order valence-corrected chi connectivity index (χ4v) is 17.2. The lowest BCUT2D eigenvalue weighted by Gasteiger charge is -2.48. The number of likely N-dealkylation sites (tertiary alicyclic amines) is 3. The molecule has 20 unspecified atom stereocenters. The Kier molecular flexibility index (Phi) is 48.0. The highest BCUT2D eigenvalue weighted by Gasteiger charge is 2.54. The molecule has 0 bridgehead atoms. The van der Waals surface area contributed by atoms with Crippen molar-refractivity contribution in [1.29, 1.82) is 5.41 Å². The monoisotopic (exact) mass is 2080 g/mol. The van der Waals surface area contributed by atoms with Crippen molar-refractivity contribution >= 4 is 124 Å². The van der Waals surface area contributed by atoms with Crippen molar-refractivity contribution < 1.29 is 166 Å². The average molecular weight is 2090 g/mol. The van der Waals surface area contributed by atoms with Crippen molar-refractivity contribution in [2.45, 2.75) is 323 Å². The minimum Gasteiger partial charge on any atom is -0.481 e. The number of nitrogens with one attached hydrogen (secondary N) is 17. The van der Waals surface area contributed by atoms with E-state index in [2.05, 4.69) is 89.7 Å². The summed E-state index contributed by atoms with van der Waals surface area (Å²) in [6.45, 7) is 7.32. The molecular formula is C91H140N22O34. The van der Waals surface area contributed by atoms with Crippen LogP contribution in [0.3, 0.4) is 0 Å². The number of carboxylic acid groups (broad SMARTS) is 2. The molecule has 818 valence electrons. The van der Waals surface area contributed by atoms with Crippen LogP contribution in [0.2, 0.25) is 0 Å². The number of aromatic nitrogens is 2. The normalized spacial score (nSPS) is 23.3. The predicted molar refractivity (Wildman–Crippen MR) is 506 cm³/mol. The van der Waals surface area contributed by atoms with E-state index in [4.69, 9.17) is 30.1 Å². The number of Topliss-reactive ketones (excluding diaryl/α,β-unsaturated/α-hetero) is 1. The number of aromatic amines is 1. The number of carbonyl (C=O) groups excluding carboxylic acids is 18. The lowest BCUT2D eigenvalue weighted by atomic mass is 9.95. The number of H-pyrrole nitrogens is 1. The number of aliphatic hydroxyl groups excluding tert-OH is 8. The number of ketones is 1. The highest BCUT2D eigenvalue weighted by atomic mass is 16.7. The molecule has 1 aromatic carbocycles. The van der Waals surface area contributed by atoms with Crippen LogP contribution in [0.4, 0.5) is 0 Å². The maximum atomic E-state index is 15.2. The fourth-order valence-electron chi connectivity index (χ4n) is 17.2. The molecule has 6 heterocycles. The van der Waals surface area contributed by atoms with Gasteiger partial charge in [0.1, 0.15) is 139 Å². The molecule has 56 heteroatoms. The van der Waals surface area contributed by atoms with E-state index >= 15 is 9.59 Å². The van der Waals surface area contributed by atoms with Gasteiger partial charge < -0.3 is 180 Å². The number of imidazole rings is 1. The maximum Gasteiger partial charge on any atom is 0.305 e. The second-order valence-electron chi connectivity index (χ2n) is 36.9. The van der Waals surface area contributed by atoms with Gasteiger partial charge in [0.15, 0.2) is 18.5 Å². The van der Waals surface area contributed by atoms with Crippen LogP contribution >= 0.6 is 0 Å². The number of guanidine groups is 1. The topological polar surface area (TPSA) is 849 Å². The van der Waals surface area contributed by atoms with Crippen molar-refractivity contribution in [3.8, 4) is 0 Å². The first-order chi connectivity index (χ1) is 69.5. The number of amides is 17. The molecule has 5 aliphatic heterocycles. The second kappa shape index (κ2) is 58.4. The Morgan fingerprint density at radius 1 is 0.517 bits per heavy atom. The highest BCUT2D eigenvalue weighted by Crippen LogP contribution is 2.32. The molecule has 0 aliphatic carbocycles. The van der Waals surface area contributed by atoms with Crippen LogP contribution in [0.5, 0.6) is 0 Å². The van der Waals surface area contributed by atoms with E-state index in [-0.39, 0.29) is 108 Å². The van der Waals surface area contributed by atoms with Crippen LogP contribution in [0.25, 0.3) is 0 Å². The fraction of sp³-hybridized carbons (Fsp3) is 0.670. The largest absolute Gasteiger partial charge is 0.481 e. The summed E-state index contributed by atoms with van der Waals surface area (Å²) >= 11 is 0. The average Bonchev–Trinajstić information content (AvgIpc) is 1.71. The van der Waals surface area contributed by atoms with Gasteiger partial charge in [0.25, 0.3) is 0 Å². The summed E-state index contributed by atoms with van der Waals surface area (Å²) in [7, 11) is 0. The molecule has 2 aromatic rings. The molecule has 17 amide bonds. The lowest BCUT2D eigenvalue weighted by molar-refractivity contribution is -0.347. The summed E-state index contributed by atoms with van der Waals surface area (Å²) < 4.78 is 23.7. The van der Waals surface area contributed by atoms with E-state index in [0.717, 1.165) is 32.6 Å². The Bertz CT molecular complexity index is 4890. The molecule has 7 rings (SSSR count). The smallest absolute Gasteiger partial charge is 0.305 e. The van der Waals surface area contributed by atoms with Crippen molar-refractivity contribution in [2.75, 3.05) is 59.1 Å². The Balaban J connectivity index is 1.09. The highest BCUT2D eigenvalue weighted by molar-refractivity contribution is 6.02. The molecule has 0 radical (unpaired) electrons. The predicted octanol–water partition coefficient (Wildman–Crippen LogP) is -11.6. The number of rotatable bonds is 56. The number of likely N-dealkylation sites (N-methyl/N-ethyl adjacent to an activating group) is 1. The number of hydrogen-bond donors (Lipinski definition) is 28. The van der Waals surface area contributed by atoms with Gasteiger partial charge in [-0.15, -0.1) is 0 Å². The quantitative estimate of drug-likeness (QED) is 0.0166. The Labute approximate surface area is 844 Å². The van der Waals surface area contributed by atoms with Crippen LogP contribution in [0, 0.1) is 11.3 Å².